The molecule has 28 heavy (non-hydrogen) atoms. The van der Waals surface area contributed by atoms with E-state index in [1.807, 2.05) is 73.7 Å². The van der Waals surface area contributed by atoms with Crippen molar-refractivity contribution in [3.63, 3.8) is 0 Å². The number of thiophene rings is 1. The second-order valence-corrected chi connectivity index (χ2v) is 8.40. The molecule has 140 valence electrons. The minimum atomic E-state index is -0.255. The van der Waals surface area contributed by atoms with Crippen molar-refractivity contribution in [3.8, 4) is 10.8 Å². The number of amides is 2. The van der Waals surface area contributed by atoms with Gasteiger partial charge >= 0.3 is 0 Å². The predicted octanol–water partition coefficient (Wildman–Crippen LogP) is 6.09. The summed E-state index contributed by atoms with van der Waals surface area (Å²) in [5, 5.41) is 0.491. The maximum Gasteiger partial charge on any atom is 0.293 e. The first-order chi connectivity index (χ1) is 13.6. The van der Waals surface area contributed by atoms with Crippen LogP contribution in [0.2, 0.25) is 0 Å². The average Bonchev–Trinajstić information content (AvgIpc) is 3.24. The number of rotatable bonds is 5. The Balaban J connectivity index is 1.47. The van der Waals surface area contributed by atoms with E-state index < -0.39 is 0 Å². The first-order valence-electron chi connectivity index (χ1n) is 8.72. The lowest BCUT2D eigenvalue weighted by Crippen LogP contribution is -2.27. The summed E-state index contributed by atoms with van der Waals surface area (Å²) >= 11 is 2.41. The quantitative estimate of drug-likeness (QED) is 0.481. The normalized spacial score (nSPS) is 15.5. The monoisotopic (exact) mass is 407 g/mol. The maximum absolute atomic E-state index is 12.7. The molecular weight excluding hydrogens is 390 g/mol. The Hall–Kier alpha value is -2.83. The number of thioether (sulfide) groups is 1. The van der Waals surface area contributed by atoms with Crippen LogP contribution in [0.25, 0.3) is 6.08 Å². The lowest BCUT2D eigenvalue weighted by molar-refractivity contribution is -0.123. The Morgan fingerprint density at radius 3 is 2.46 bits per heavy atom. The SMILES string of the molecule is Cc1ccc(CN2C(=O)S/C(=C\c3ccc(Oc4ccccc4)s3)C2=O)cc1. The number of hydrogen-bond acceptors (Lipinski definition) is 5. The van der Waals surface area contributed by atoms with Crippen LogP contribution in [0, 0.1) is 6.92 Å². The number of carbonyl (C=O) groups is 2. The summed E-state index contributed by atoms with van der Waals surface area (Å²) in [6.45, 7) is 2.29. The van der Waals surface area contributed by atoms with Crippen molar-refractivity contribution in [2.24, 2.45) is 0 Å². The summed E-state index contributed by atoms with van der Waals surface area (Å²) in [6.07, 6.45) is 1.75. The van der Waals surface area contributed by atoms with E-state index in [0.717, 1.165) is 38.6 Å². The fourth-order valence-corrected chi connectivity index (χ4v) is 4.44. The molecule has 4 rings (SSSR count). The molecule has 0 unspecified atom stereocenters. The number of hydrogen-bond donors (Lipinski definition) is 0. The molecule has 1 aromatic heterocycles. The molecule has 1 fully saturated rings. The van der Waals surface area contributed by atoms with Gasteiger partial charge in [-0.05, 0) is 54.6 Å². The van der Waals surface area contributed by atoms with E-state index in [9.17, 15) is 9.59 Å². The molecule has 0 atom stereocenters. The summed E-state index contributed by atoms with van der Waals surface area (Å²) in [5.41, 5.74) is 2.08. The second-order valence-electron chi connectivity index (χ2n) is 6.33. The molecule has 6 heteroatoms. The summed E-state index contributed by atoms with van der Waals surface area (Å²) in [5.74, 6) is 0.504. The third kappa shape index (κ3) is 4.18. The molecule has 0 radical (unpaired) electrons. The van der Waals surface area contributed by atoms with Gasteiger partial charge in [0.15, 0.2) is 5.06 Å². The standard InChI is InChI=1S/C22H17NO3S2/c1-15-7-9-16(10-8-15)14-23-21(24)19(28-22(23)25)13-18-11-12-20(27-18)26-17-5-3-2-4-6-17/h2-13H,14H2,1H3/b19-13-. The molecule has 2 amide bonds. The fraction of sp³-hybridized carbons (Fsp3) is 0.0909. The molecule has 1 aliphatic heterocycles. The molecular formula is C22H17NO3S2. The highest BCUT2D eigenvalue weighted by Crippen LogP contribution is 2.36. The van der Waals surface area contributed by atoms with Crippen molar-refractivity contribution in [1.82, 2.24) is 4.90 Å². The third-order valence-electron chi connectivity index (χ3n) is 4.17. The lowest BCUT2D eigenvalue weighted by Gasteiger charge is -2.12. The minimum Gasteiger partial charge on any atom is -0.447 e. The van der Waals surface area contributed by atoms with E-state index in [-0.39, 0.29) is 17.7 Å². The highest BCUT2D eigenvalue weighted by molar-refractivity contribution is 8.18. The van der Waals surface area contributed by atoms with Crippen LogP contribution in [0.4, 0.5) is 4.79 Å². The molecule has 4 nitrogen and oxygen atoms in total. The van der Waals surface area contributed by atoms with Gasteiger partial charge in [0.1, 0.15) is 5.75 Å². The van der Waals surface area contributed by atoms with Crippen LogP contribution in [0.1, 0.15) is 16.0 Å². The van der Waals surface area contributed by atoms with Crippen LogP contribution >= 0.6 is 23.1 Å². The highest BCUT2D eigenvalue weighted by atomic mass is 32.2. The van der Waals surface area contributed by atoms with Crippen molar-refractivity contribution in [2.45, 2.75) is 13.5 Å². The molecule has 0 aliphatic carbocycles. The first-order valence-corrected chi connectivity index (χ1v) is 10.4. The number of imide groups is 1. The number of benzene rings is 2. The van der Waals surface area contributed by atoms with Crippen LogP contribution in [0.3, 0.4) is 0 Å². The molecule has 2 aromatic carbocycles. The van der Waals surface area contributed by atoms with Crippen molar-refractivity contribution in [1.29, 1.82) is 0 Å². The van der Waals surface area contributed by atoms with Gasteiger partial charge in [-0.2, -0.15) is 0 Å². The van der Waals surface area contributed by atoms with E-state index in [1.54, 1.807) is 6.08 Å². The number of para-hydroxylation sites is 1. The van der Waals surface area contributed by atoms with Gasteiger partial charge in [-0.3, -0.25) is 14.5 Å². The van der Waals surface area contributed by atoms with Crippen molar-refractivity contribution >= 4 is 40.3 Å². The van der Waals surface area contributed by atoms with Crippen LogP contribution in [-0.4, -0.2) is 16.0 Å². The van der Waals surface area contributed by atoms with Crippen LogP contribution in [-0.2, 0) is 11.3 Å². The summed E-state index contributed by atoms with van der Waals surface area (Å²) in [4.78, 5) is 27.6. The zero-order valence-corrected chi connectivity index (χ0v) is 16.8. The lowest BCUT2D eigenvalue weighted by atomic mass is 10.1. The molecule has 0 spiro atoms. The van der Waals surface area contributed by atoms with Gasteiger partial charge in [0.05, 0.1) is 11.4 Å². The van der Waals surface area contributed by atoms with Gasteiger partial charge in [-0.25, -0.2) is 0 Å². The molecule has 3 aromatic rings. The molecule has 0 bridgehead atoms. The molecule has 2 heterocycles. The largest absolute Gasteiger partial charge is 0.447 e. The van der Waals surface area contributed by atoms with Gasteiger partial charge in [-0.15, -0.1) is 0 Å². The van der Waals surface area contributed by atoms with Crippen LogP contribution in [0.15, 0.2) is 71.6 Å². The summed E-state index contributed by atoms with van der Waals surface area (Å²) in [6, 6.07) is 21.1. The highest BCUT2D eigenvalue weighted by Gasteiger charge is 2.35. The fourth-order valence-electron chi connectivity index (χ4n) is 2.71. The topological polar surface area (TPSA) is 46.6 Å². The minimum absolute atomic E-state index is 0.242. The van der Waals surface area contributed by atoms with E-state index in [2.05, 4.69) is 0 Å². The van der Waals surface area contributed by atoms with Crippen LogP contribution < -0.4 is 4.74 Å². The Kier molecular flexibility index (Phi) is 5.32. The van der Waals surface area contributed by atoms with Crippen molar-refractivity contribution < 1.29 is 14.3 Å². The Labute approximate surface area is 171 Å². The Morgan fingerprint density at radius 1 is 0.964 bits per heavy atom. The molecule has 0 N–H and O–H groups in total. The summed E-state index contributed by atoms with van der Waals surface area (Å²) in [7, 11) is 0. The van der Waals surface area contributed by atoms with Gasteiger partial charge in [0.25, 0.3) is 11.1 Å². The van der Waals surface area contributed by atoms with E-state index in [4.69, 9.17) is 4.74 Å². The van der Waals surface area contributed by atoms with E-state index >= 15 is 0 Å². The van der Waals surface area contributed by atoms with E-state index in [0.29, 0.717) is 4.91 Å². The van der Waals surface area contributed by atoms with Crippen molar-refractivity contribution in [2.75, 3.05) is 0 Å². The summed E-state index contributed by atoms with van der Waals surface area (Å²) < 4.78 is 5.80. The Bertz CT molecular complexity index is 1040. The van der Waals surface area contributed by atoms with Crippen LogP contribution in [0.5, 0.6) is 10.8 Å². The second kappa shape index (κ2) is 8.04. The third-order valence-corrected chi connectivity index (χ3v) is 5.99. The first kappa shape index (κ1) is 18.5. The number of ether oxygens (including phenoxy) is 1. The Morgan fingerprint density at radius 2 is 1.71 bits per heavy atom. The number of aryl methyl sites for hydroxylation is 1. The average molecular weight is 408 g/mol. The predicted molar refractivity (Wildman–Crippen MR) is 114 cm³/mol. The molecule has 0 saturated carbocycles. The van der Waals surface area contributed by atoms with Gasteiger partial charge < -0.3 is 4.74 Å². The number of nitrogens with zero attached hydrogens (tertiary/aromatic N) is 1. The zero-order valence-electron chi connectivity index (χ0n) is 15.1. The van der Waals surface area contributed by atoms with Gasteiger partial charge in [0, 0.05) is 4.88 Å². The smallest absolute Gasteiger partial charge is 0.293 e. The van der Waals surface area contributed by atoms with Gasteiger partial charge in [0.2, 0.25) is 0 Å². The molecule has 1 aliphatic rings. The zero-order chi connectivity index (χ0) is 19.5. The maximum atomic E-state index is 12.7. The number of carbonyl (C=O) groups excluding carboxylic acids is 2. The van der Waals surface area contributed by atoms with Gasteiger partial charge in [-0.1, -0.05) is 59.4 Å². The molecule has 1 saturated heterocycles. The van der Waals surface area contributed by atoms with Crippen molar-refractivity contribution in [3.05, 3.63) is 87.6 Å². The van der Waals surface area contributed by atoms with E-state index in [1.165, 1.54) is 16.2 Å².